The molecule has 29 heavy (non-hydrogen) atoms. The largest absolute Gasteiger partial charge is 0.399 e. The number of rotatable bonds is 5. The zero-order valence-electron chi connectivity index (χ0n) is 15.9. The van der Waals surface area contributed by atoms with E-state index in [0.717, 1.165) is 6.08 Å². The van der Waals surface area contributed by atoms with Crippen LogP contribution in [0.5, 0.6) is 0 Å². The lowest BCUT2D eigenvalue weighted by atomic mass is 9.96. The third kappa shape index (κ3) is 6.24. The second-order valence-electron chi connectivity index (χ2n) is 6.86. The molecular formula is C21H19BrCl2F3NO. The number of hydrogen-bond donors (Lipinski definition) is 1. The average molecular weight is 509 g/mol. The molecule has 2 rings (SSSR count). The van der Waals surface area contributed by atoms with E-state index in [4.69, 9.17) is 23.2 Å². The predicted molar refractivity (Wildman–Crippen MR) is 116 cm³/mol. The average Bonchev–Trinajstić information content (AvgIpc) is 2.57. The monoisotopic (exact) mass is 507 g/mol. The zero-order valence-corrected chi connectivity index (χ0v) is 19.0. The molecule has 0 heterocycles. The van der Waals surface area contributed by atoms with Gasteiger partial charge in [0.05, 0.1) is 11.5 Å². The van der Waals surface area contributed by atoms with Crippen molar-refractivity contribution < 1.29 is 18.0 Å². The molecule has 0 aromatic heterocycles. The molecule has 1 N–H and O–H groups in total. The summed E-state index contributed by atoms with van der Waals surface area (Å²) in [6, 6.07) is 7.26. The Morgan fingerprint density at radius 1 is 1.14 bits per heavy atom. The van der Waals surface area contributed by atoms with Crippen LogP contribution in [0.3, 0.4) is 0 Å². The Kier molecular flexibility index (Phi) is 7.82. The fraction of sp³-hybridized carbons (Fsp3) is 0.286. The van der Waals surface area contributed by atoms with Gasteiger partial charge in [-0.2, -0.15) is 13.2 Å². The first-order valence-corrected chi connectivity index (χ1v) is 10.3. The van der Waals surface area contributed by atoms with Crippen molar-refractivity contribution in [2.45, 2.75) is 38.9 Å². The minimum absolute atomic E-state index is 0.0327. The second-order valence-corrected chi connectivity index (χ2v) is 8.52. The summed E-state index contributed by atoms with van der Waals surface area (Å²) < 4.78 is 41.4. The van der Waals surface area contributed by atoms with Gasteiger partial charge in [0.2, 0.25) is 0 Å². The van der Waals surface area contributed by atoms with Gasteiger partial charge in [-0.15, -0.1) is 0 Å². The maximum atomic E-state index is 13.6. The van der Waals surface area contributed by atoms with Crippen molar-refractivity contribution in [3.8, 4) is 0 Å². The quantitative estimate of drug-likeness (QED) is 0.443. The van der Waals surface area contributed by atoms with E-state index in [1.807, 2.05) is 13.8 Å². The number of benzene rings is 2. The molecule has 0 fully saturated rings. The molecule has 2 aromatic rings. The van der Waals surface area contributed by atoms with Crippen LogP contribution in [0.2, 0.25) is 10.0 Å². The summed E-state index contributed by atoms with van der Waals surface area (Å²) in [5, 5.41) is 3.12. The Balaban J connectivity index is 2.35. The fourth-order valence-corrected chi connectivity index (χ4v) is 3.70. The number of hydrogen-bond acceptors (Lipinski definition) is 1. The molecule has 1 amide bonds. The lowest BCUT2D eigenvalue weighted by Crippen LogP contribution is -2.30. The van der Waals surface area contributed by atoms with Gasteiger partial charge < -0.3 is 5.32 Å². The normalized spacial score (nSPS) is 13.2. The van der Waals surface area contributed by atoms with Crippen molar-refractivity contribution in [2.24, 2.45) is 0 Å². The van der Waals surface area contributed by atoms with Crippen LogP contribution in [0.4, 0.5) is 13.2 Å². The highest BCUT2D eigenvalue weighted by Gasteiger charge is 2.39. The number of allylic oxidation sites excluding steroid dienone is 1. The van der Waals surface area contributed by atoms with E-state index >= 15 is 0 Å². The Morgan fingerprint density at radius 2 is 1.72 bits per heavy atom. The standard InChI is InChI=1S/C21H19BrCl2F3NO/c1-11(2)28-20(29)15-6-4-13(8-17(15)22)5-7-16(21(25,26)27)14-9-18(23)12(3)19(24)10-14/h4-11,16H,1-3H3,(H,28,29)/b7-5+. The molecular weight excluding hydrogens is 490 g/mol. The number of amides is 1. The molecule has 0 saturated carbocycles. The van der Waals surface area contributed by atoms with Crippen LogP contribution in [0.15, 0.2) is 40.9 Å². The first kappa shape index (κ1) is 23.8. The van der Waals surface area contributed by atoms with Gasteiger partial charge in [0.15, 0.2) is 0 Å². The molecule has 0 bridgehead atoms. The molecule has 156 valence electrons. The van der Waals surface area contributed by atoms with E-state index in [1.165, 1.54) is 18.2 Å². The smallest absolute Gasteiger partial charge is 0.350 e. The fourth-order valence-electron chi connectivity index (χ4n) is 2.62. The molecule has 0 spiro atoms. The molecule has 0 aliphatic heterocycles. The van der Waals surface area contributed by atoms with Crippen LogP contribution in [0.1, 0.15) is 46.8 Å². The van der Waals surface area contributed by atoms with Crippen molar-refractivity contribution in [3.05, 3.63) is 73.2 Å². The summed E-state index contributed by atoms with van der Waals surface area (Å²) >= 11 is 15.3. The first-order chi connectivity index (χ1) is 13.4. The van der Waals surface area contributed by atoms with Gasteiger partial charge in [-0.25, -0.2) is 0 Å². The van der Waals surface area contributed by atoms with Crippen molar-refractivity contribution in [2.75, 3.05) is 0 Å². The van der Waals surface area contributed by atoms with Gasteiger partial charge in [0.1, 0.15) is 0 Å². The molecule has 8 heteroatoms. The van der Waals surface area contributed by atoms with Crippen LogP contribution >= 0.6 is 39.1 Å². The topological polar surface area (TPSA) is 29.1 Å². The first-order valence-electron chi connectivity index (χ1n) is 8.71. The highest BCUT2D eigenvalue weighted by molar-refractivity contribution is 9.10. The Labute approximate surface area is 186 Å². The highest BCUT2D eigenvalue weighted by Crippen LogP contribution is 2.39. The summed E-state index contributed by atoms with van der Waals surface area (Å²) in [5.41, 5.74) is 1.40. The molecule has 0 aliphatic rings. The molecule has 1 atom stereocenters. The SMILES string of the molecule is Cc1c(Cl)cc(C(/C=C/c2ccc(C(=O)NC(C)C)c(Br)c2)C(F)(F)F)cc1Cl. The van der Waals surface area contributed by atoms with Crippen molar-refractivity contribution in [3.63, 3.8) is 0 Å². The minimum atomic E-state index is -4.52. The van der Waals surface area contributed by atoms with Gasteiger partial charge in [-0.3, -0.25) is 4.79 Å². The highest BCUT2D eigenvalue weighted by atomic mass is 79.9. The van der Waals surface area contributed by atoms with Crippen LogP contribution in [0.25, 0.3) is 6.08 Å². The Morgan fingerprint density at radius 3 is 2.21 bits per heavy atom. The lowest BCUT2D eigenvalue weighted by Gasteiger charge is -2.19. The third-order valence-electron chi connectivity index (χ3n) is 4.15. The summed E-state index contributed by atoms with van der Waals surface area (Å²) in [5.74, 6) is -2.14. The molecule has 0 radical (unpaired) electrons. The number of carbonyl (C=O) groups excluding carboxylic acids is 1. The summed E-state index contributed by atoms with van der Waals surface area (Å²) in [7, 11) is 0. The zero-order chi connectivity index (χ0) is 21.9. The van der Waals surface area contributed by atoms with Gasteiger partial charge in [-0.05, 0) is 77.7 Å². The number of carbonyl (C=O) groups is 1. The van der Waals surface area contributed by atoms with Gasteiger partial charge >= 0.3 is 6.18 Å². The van der Waals surface area contributed by atoms with Crippen LogP contribution in [0, 0.1) is 6.92 Å². The Hall–Kier alpha value is -1.50. The van der Waals surface area contributed by atoms with E-state index in [1.54, 1.807) is 25.1 Å². The van der Waals surface area contributed by atoms with E-state index in [0.29, 0.717) is 21.2 Å². The molecule has 1 unspecified atom stereocenters. The number of alkyl halides is 3. The van der Waals surface area contributed by atoms with Gasteiger partial charge in [0, 0.05) is 20.6 Å². The van der Waals surface area contributed by atoms with Crippen molar-refractivity contribution >= 4 is 51.1 Å². The predicted octanol–water partition coefficient (Wildman–Crippen LogP) is 7.56. The van der Waals surface area contributed by atoms with Crippen molar-refractivity contribution in [1.29, 1.82) is 0 Å². The van der Waals surface area contributed by atoms with Gasteiger partial charge in [0.25, 0.3) is 5.91 Å². The molecule has 0 saturated heterocycles. The lowest BCUT2D eigenvalue weighted by molar-refractivity contribution is -0.139. The maximum absolute atomic E-state index is 13.6. The third-order valence-corrected chi connectivity index (χ3v) is 5.59. The molecule has 2 aromatic carbocycles. The molecule has 0 aliphatic carbocycles. The molecule has 2 nitrogen and oxygen atoms in total. The van der Waals surface area contributed by atoms with E-state index in [-0.39, 0.29) is 27.6 Å². The second kappa shape index (κ2) is 9.54. The van der Waals surface area contributed by atoms with Crippen molar-refractivity contribution in [1.82, 2.24) is 5.32 Å². The number of halogens is 6. The minimum Gasteiger partial charge on any atom is -0.350 e. The summed E-state index contributed by atoms with van der Waals surface area (Å²) in [6.45, 7) is 5.31. The summed E-state index contributed by atoms with van der Waals surface area (Å²) in [4.78, 5) is 12.1. The summed E-state index contributed by atoms with van der Waals surface area (Å²) in [6.07, 6.45) is -2.12. The van der Waals surface area contributed by atoms with Crippen LogP contribution < -0.4 is 5.32 Å². The van der Waals surface area contributed by atoms with Gasteiger partial charge in [-0.1, -0.05) is 41.4 Å². The van der Waals surface area contributed by atoms with E-state index in [9.17, 15) is 18.0 Å². The van der Waals surface area contributed by atoms with E-state index in [2.05, 4.69) is 21.2 Å². The Bertz CT molecular complexity index is 919. The number of nitrogens with one attached hydrogen (secondary N) is 1. The van der Waals surface area contributed by atoms with Crippen LogP contribution in [-0.4, -0.2) is 18.1 Å². The van der Waals surface area contributed by atoms with E-state index < -0.39 is 12.1 Å². The maximum Gasteiger partial charge on any atom is 0.399 e. The van der Waals surface area contributed by atoms with Crippen LogP contribution in [-0.2, 0) is 0 Å².